The maximum Gasteiger partial charge on any atom is 0.418 e. The van der Waals surface area contributed by atoms with Crippen molar-refractivity contribution in [2.45, 2.75) is 25.6 Å². The van der Waals surface area contributed by atoms with E-state index in [-0.39, 0.29) is 17.8 Å². The van der Waals surface area contributed by atoms with Crippen LogP contribution in [-0.4, -0.2) is 41.7 Å². The molecular formula is C14H17F3N2O2. The number of β-amino-alcohol motifs (C(OH)–C–C–N with tert-alkyl or cyclic N) is 1. The average Bonchev–Trinajstić information content (AvgIpc) is 2.84. The van der Waals surface area contributed by atoms with Crippen molar-refractivity contribution in [3.05, 3.63) is 29.3 Å². The summed E-state index contributed by atoms with van der Waals surface area (Å²) in [5.74, 6) is -0.486. The van der Waals surface area contributed by atoms with E-state index in [1.807, 2.05) is 0 Å². The van der Waals surface area contributed by atoms with Crippen LogP contribution in [0.25, 0.3) is 0 Å². The van der Waals surface area contributed by atoms with Gasteiger partial charge in [-0.25, -0.2) is 0 Å². The van der Waals surface area contributed by atoms with Crippen molar-refractivity contribution >= 4 is 11.6 Å². The van der Waals surface area contributed by atoms with E-state index in [1.165, 1.54) is 17.0 Å². The van der Waals surface area contributed by atoms with Crippen LogP contribution < -0.4 is 5.32 Å². The van der Waals surface area contributed by atoms with E-state index in [1.54, 1.807) is 6.92 Å². The highest BCUT2D eigenvalue weighted by Crippen LogP contribution is 2.35. The van der Waals surface area contributed by atoms with Crippen molar-refractivity contribution in [1.29, 1.82) is 0 Å². The van der Waals surface area contributed by atoms with Crippen molar-refractivity contribution in [3.8, 4) is 0 Å². The molecule has 2 rings (SSSR count). The van der Waals surface area contributed by atoms with Gasteiger partial charge in [0.05, 0.1) is 11.7 Å². The molecule has 0 bridgehead atoms. The van der Waals surface area contributed by atoms with Gasteiger partial charge in [0.15, 0.2) is 0 Å². The number of hydrogen-bond acceptors (Lipinski definition) is 3. The summed E-state index contributed by atoms with van der Waals surface area (Å²) in [6.07, 6.45) is -4.68. The number of hydrogen-bond donors (Lipinski definition) is 2. The molecule has 1 fully saturated rings. The molecule has 1 aliphatic heterocycles. The lowest BCUT2D eigenvalue weighted by Crippen LogP contribution is -2.29. The van der Waals surface area contributed by atoms with Gasteiger partial charge in [0.1, 0.15) is 0 Å². The topological polar surface area (TPSA) is 52.6 Å². The maximum atomic E-state index is 13.0. The number of aliphatic hydroxyl groups is 1. The number of carbonyl (C=O) groups excluding carboxylic acids is 1. The summed E-state index contributed by atoms with van der Waals surface area (Å²) >= 11 is 0. The van der Waals surface area contributed by atoms with E-state index in [0.29, 0.717) is 19.5 Å². The third-order valence-electron chi connectivity index (χ3n) is 3.39. The van der Waals surface area contributed by atoms with Gasteiger partial charge in [-0.1, -0.05) is 0 Å². The van der Waals surface area contributed by atoms with Crippen LogP contribution >= 0.6 is 0 Å². The van der Waals surface area contributed by atoms with Gasteiger partial charge < -0.3 is 15.3 Å². The van der Waals surface area contributed by atoms with E-state index < -0.39 is 23.8 Å². The molecular weight excluding hydrogens is 285 g/mol. The van der Waals surface area contributed by atoms with E-state index in [4.69, 9.17) is 0 Å². The van der Waals surface area contributed by atoms with Crippen LogP contribution in [0.1, 0.15) is 29.3 Å². The molecule has 2 N–H and O–H groups in total. The van der Waals surface area contributed by atoms with Crippen molar-refractivity contribution in [3.63, 3.8) is 0 Å². The quantitative estimate of drug-likeness (QED) is 0.901. The fraction of sp³-hybridized carbons (Fsp3) is 0.500. The highest BCUT2D eigenvalue weighted by Gasteiger charge is 2.35. The van der Waals surface area contributed by atoms with Gasteiger partial charge in [0, 0.05) is 30.9 Å². The molecule has 1 atom stereocenters. The first-order valence-corrected chi connectivity index (χ1v) is 6.75. The van der Waals surface area contributed by atoms with Gasteiger partial charge in [-0.2, -0.15) is 13.2 Å². The number of nitrogens with one attached hydrogen (secondary N) is 1. The Labute approximate surface area is 120 Å². The fourth-order valence-electron chi connectivity index (χ4n) is 2.37. The molecule has 1 saturated heterocycles. The largest absolute Gasteiger partial charge is 0.418 e. The van der Waals surface area contributed by atoms with Crippen LogP contribution in [0.4, 0.5) is 18.9 Å². The van der Waals surface area contributed by atoms with E-state index in [9.17, 15) is 23.1 Å². The molecule has 0 aromatic heterocycles. The third kappa shape index (κ3) is 3.47. The standard InChI is InChI=1S/C14H17F3N2O2/c1-2-18-12-4-3-9(7-11(12)14(15,16)17)13(21)19-6-5-10(20)8-19/h3-4,7,10,18,20H,2,5-6,8H2,1H3. The van der Waals surface area contributed by atoms with Crippen LogP contribution in [0.5, 0.6) is 0 Å². The second-order valence-corrected chi connectivity index (χ2v) is 4.98. The summed E-state index contributed by atoms with van der Waals surface area (Å²) in [5, 5.41) is 12.0. The van der Waals surface area contributed by atoms with E-state index >= 15 is 0 Å². The van der Waals surface area contributed by atoms with E-state index in [2.05, 4.69) is 5.32 Å². The summed E-state index contributed by atoms with van der Waals surface area (Å²) in [5.41, 5.74) is -0.906. The number of alkyl halides is 3. The number of carbonyl (C=O) groups is 1. The van der Waals surface area contributed by atoms with E-state index in [0.717, 1.165) is 6.07 Å². The predicted octanol–water partition coefficient (Wildman–Crippen LogP) is 2.34. The lowest BCUT2D eigenvalue weighted by Gasteiger charge is -2.18. The average molecular weight is 302 g/mol. The maximum absolute atomic E-state index is 13.0. The van der Waals surface area contributed by atoms with Gasteiger partial charge in [-0.05, 0) is 31.5 Å². The summed E-state index contributed by atoms with van der Waals surface area (Å²) in [6, 6.07) is 3.51. The first-order chi connectivity index (χ1) is 9.82. The number of amides is 1. The number of halogens is 3. The second kappa shape index (κ2) is 5.93. The lowest BCUT2D eigenvalue weighted by atomic mass is 10.1. The van der Waals surface area contributed by atoms with Crippen LogP contribution in [-0.2, 0) is 6.18 Å². The molecule has 1 aromatic carbocycles. The van der Waals surface area contributed by atoms with Gasteiger partial charge in [-0.3, -0.25) is 4.79 Å². The Morgan fingerprint density at radius 3 is 2.71 bits per heavy atom. The van der Waals surface area contributed by atoms with Gasteiger partial charge >= 0.3 is 6.18 Å². The molecule has 0 spiro atoms. The number of rotatable bonds is 3. The van der Waals surface area contributed by atoms with Gasteiger partial charge in [-0.15, -0.1) is 0 Å². The van der Waals surface area contributed by atoms with Gasteiger partial charge in [0.25, 0.3) is 5.91 Å². The third-order valence-corrected chi connectivity index (χ3v) is 3.39. The minimum atomic E-state index is -4.53. The molecule has 4 nitrogen and oxygen atoms in total. The molecule has 116 valence electrons. The van der Waals surface area contributed by atoms with Crippen LogP contribution in [0.3, 0.4) is 0 Å². The lowest BCUT2D eigenvalue weighted by molar-refractivity contribution is -0.137. The zero-order valence-electron chi connectivity index (χ0n) is 11.6. The number of aliphatic hydroxyl groups excluding tert-OH is 1. The van der Waals surface area contributed by atoms with Crippen LogP contribution in [0, 0.1) is 0 Å². The molecule has 7 heteroatoms. The Morgan fingerprint density at radius 2 is 2.19 bits per heavy atom. The summed E-state index contributed by atoms with van der Waals surface area (Å²) in [7, 11) is 0. The summed E-state index contributed by atoms with van der Waals surface area (Å²) < 4.78 is 39.1. The normalized spacial score (nSPS) is 18.9. The van der Waals surface area contributed by atoms with Crippen molar-refractivity contribution < 1.29 is 23.1 Å². The minimum Gasteiger partial charge on any atom is -0.391 e. The molecule has 0 radical (unpaired) electrons. The Kier molecular flexibility index (Phi) is 4.41. The first kappa shape index (κ1) is 15.6. The predicted molar refractivity (Wildman–Crippen MR) is 72.1 cm³/mol. The summed E-state index contributed by atoms with van der Waals surface area (Å²) in [4.78, 5) is 13.5. The molecule has 0 aliphatic carbocycles. The minimum absolute atomic E-state index is 0.0157. The highest BCUT2D eigenvalue weighted by atomic mass is 19.4. The number of nitrogens with zero attached hydrogens (tertiary/aromatic N) is 1. The number of anilines is 1. The van der Waals surface area contributed by atoms with Crippen LogP contribution in [0.2, 0.25) is 0 Å². The Hall–Kier alpha value is -1.76. The van der Waals surface area contributed by atoms with Crippen molar-refractivity contribution in [1.82, 2.24) is 4.90 Å². The van der Waals surface area contributed by atoms with Gasteiger partial charge in [0.2, 0.25) is 0 Å². The first-order valence-electron chi connectivity index (χ1n) is 6.75. The van der Waals surface area contributed by atoms with Crippen molar-refractivity contribution in [2.24, 2.45) is 0 Å². The fourth-order valence-corrected chi connectivity index (χ4v) is 2.37. The molecule has 1 aliphatic rings. The number of benzene rings is 1. The second-order valence-electron chi connectivity index (χ2n) is 4.98. The zero-order chi connectivity index (χ0) is 15.6. The Bertz CT molecular complexity index is 531. The molecule has 1 unspecified atom stereocenters. The molecule has 1 amide bonds. The Balaban J connectivity index is 2.31. The monoisotopic (exact) mass is 302 g/mol. The van der Waals surface area contributed by atoms with Crippen LogP contribution in [0.15, 0.2) is 18.2 Å². The Morgan fingerprint density at radius 1 is 1.48 bits per heavy atom. The number of likely N-dealkylation sites (tertiary alicyclic amines) is 1. The molecule has 1 aromatic rings. The zero-order valence-corrected chi connectivity index (χ0v) is 11.6. The SMILES string of the molecule is CCNc1ccc(C(=O)N2CCC(O)C2)cc1C(F)(F)F. The summed E-state index contributed by atoms with van der Waals surface area (Å²) in [6.45, 7) is 2.57. The highest BCUT2D eigenvalue weighted by molar-refractivity contribution is 5.95. The molecule has 0 saturated carbocycles. The smallest absolute Gasteiger partial charge is 0.391 e. The molecule has 21 heavy (non-hydrogen) atoms. The molecule has 1 heterocycles. The van der Waals surface area contributed by atoms with Crippen molar-refractivity contribution in [2.75, 3.05) is 25.0 Å².